The van der Waals surface area contributed by atoms with E-state index in [0.29, 0.717) is 58.3 Å². The number of unbranched alkanes of at least 4 members (excludes halogenated alkanes) is 2. The van der Waals surface area contributed by atoms with Gasteiger partial charge in [0.15, 0.2) is 5.71 Å². The monoisotopic (exact) mass is 888 g/mol. The number of rotatable bonds is 23. The van der Waals surface area contributed by atoms with E-state index in [9.17, 15) is 35.5 Å². The van der Waals surface area contributed by atoms with Gasteiger partial charge in [-0.05, 0) is 109 Å². The maximum Gasteiger partial charge on any atom is 0.303 e. The van der Waals surface area contributed by atoms with Crippen LogP contribution in [0.4, 0.5) is 11.4 Å². The number of carbonyl (C=O) groups excluding carboxylic acids is 1. The van der Waals surface area contributed by atoms with E-state index < -0.39 is 48.4 Å². The Bertz CT molecular complexity index is 2260. The van der Waals surface area contributed by atoms with E-state index >= 15 is 0 Å². The molecule has 338 valence electrons. The Morgan fingerprint density at radius 1 is 0.869 bits per heavy atom. The average molecular weight is 889 g/mol. The van der Waals surface area contributed by atoms with E-state index in [2.05, 4.69) is 34.7 Å². The van der Waals surface area contributed by atoms with E-state index in [1.165, 1.54) is 12.1 Å². The van der Waals surface area contributed by atoms with Gasteiger partial charge < -0.3 is 24.8 Å². The molecule has 4 rings (SSSR count). The molecule has 0 aromatic heterocycles. The number of allylic oxidation sites excluding steroid dienone is 4. The fourth-order valence-corrected chi connectivity index (χ4v) is 8.94. The first-order chi connectivity index (χ1) is 28.2. The van der Waals surface area contributed by atoms with Gasteiger partial charge in [0.1, 0.15) is 6.54 Å². The van der Waals surface area contributed by atoms with Crippen molar-refractivity contribution in [3.63, 3.8) is 0 Å². The number of amides is 1. The lowest BCUT2D eigenvalue weighted by Crippen LogP contribution is -2.32. The van der Waals surface area contributed by atoms with Gasteiger partial charge in [-0.15, -0.1) is 0 Å². The maximum atomic E-state index is 13.0. The summed E-state index contributed by atoms with van der Waals surface area (Å²) >= 11 is 0. The van der Waals surface area contributed by atoms with Crippen LogP contribution in [0.2, 0.25) is 0 Å². The molecule has 2 heterocycles. The number of hydrogen-bond donors (Lipinski definition) is 4. The molecule has 0 aliphatic carbocycles. The fraction of sp³-hybridized carbons (Fsp3) is 0.578. The number of aliphatic carboxylic acids is 1. The largest absolute Gasteiger partial charge is 0.481 e. The summed E-state index contributed by atoms with van der Waals surface area (Å²) < 4.78 is 80.8. The molecule has 2 aliphatic heterocycles. The number of carbonyl (C=O) groups is 2. The van der Waals surface area contributed by atoms with Crippen LogP contribution < -0.4 is 10.2 Å². The zero-order chi connectivity index (χ0) is 45.6. The van der Waals surface area contributed by atoms with Crippen LogP contribution in [0.1, 0.15) is 123 Å². The first kappa shape index (κ1) is 49.7. The predicted octanol–water partition coefficient (Wildman–Crippen LogP) is 7.48. The van der Waals surface area contributed by atoms with Crippen molar-refractivity contribution in [1.82, 2.24) is 5.32 Å². The molecular formula is C45H66N3O11S2+. The molecule has 0 spiro atoms. The summed E-state index contributed by atoms with van der Waals surface area (Å²) in [7, 11) is -6.98. The van der Waals surface area contributed by atoms with Crippen molar-refractivity contribution in [3.8, 4) is 0 Å². The quantitative estimate of drug-likeness (QED) is 0.0488. The molecule has 0 saturated heterocycles. The third-order valence-electron chi connectivity index (χ3n) is 11.9. The topological polar surface area (TPSA) is 200 Å². The van der Waals surface area contributed by atoms with Crippen LogP contribution in [0.3, 0.4) is 0 Å². The van der Waals surface area contributed by atoms with E-state index in [1.807, 2.05) is 71.9 Å². The molecule has 1 amide bonds. The van der Waals surface area contributed by atoms with Crippen molar-refractivity contribution in [2.45, 2.75) is 140 Å². The summed E-state index contributed by atoms with van der Waals surface area (Å²) in [6, 6.07) is 10.5. The number of nitrogens with one attached hydrogen (secondary N) is 1. The molecule has 2 aliphatic rings. The molecule has 0 radical (unpaired) electrons. The summed E-state index contributed by atoms with van der Waals surface area (Å²) in [5.74, 6) is -1.35. The van der Waals surface area contributed by atoms with Crippen molar-refractivity contribution in [1.29, 1.82) is 0 Å². The zero-order valence-corrected chi connectivity index (χ0v) is 38.8. The van der Waals surface area contributed by atoms with Gasteiger partial charge in [-0.1, -0.05) is 32.1 Å². The van der Waals surface area contributed by atoms with Gasteiger partial charge in [0.2, 0.25) is 11.6 Å². The second-order valence-electron chi connectivity index (χ2n) is 18.3. The zero-order valence-electron chi connectivity index (χ0n) is 37.2. The number of benzene rings is 2. The highest BCUT2D eigenvalue weighted by molar-refractivity contribution is 7.86. The SMILES string of the molecule is COC(C)(C)CCOC(C)(C)CCC(=O)NCc1ccc2c(c1)C(C)(C)C(=CC=CC1=[N+](CCCCCC(=O)O)c3ccc(S(=O)(=O)O)cc3C1(C)C)N2CCCS(=O)(=O)O. The Morgan fingerprint density at radius 3 is 2.21 bits per heavy atom. The number of anilines is 1. The highest BCUT2D eigenvalue weighted by Crippen LogP contribution is 2.48. The Hall–Kier alpha value is -3.93. The minimum absolute atomic E-state index is 0.0719. The minimum atomic E-state index is -4.46. The van der Waals surface area contributed by atoms with Crippen molar-refractivity contribution in [2.24, 2.45) is 0 Å². The van der Waals surface area contributed by atoms with Gasteiger partial charge in [0, 0.05) is 74.0 Å². The highest BCUT2D eigenvalue weighted by Gasteiger charge is 2.45. The van der Waals surface area contributed by atoms with Gasteiger partial charge in [0.25, 0.3) is 20.2 Å². The second-order valence-corrected chi connectivity index (χ2v) is 21.3. The Balaban J connectivity index is 1.60. The lowest BCUT2D eigenvalue weighted by molar-refractivity contribution is -0.438. The van der Waals surface area contributed by atoms with Crippen LogP contribution in [0.5, 0.6) is 0 Å². The normalized spacial score (nSPS) is 17.0. The summed E-state index contributed by atoms with van der Waals surface area (Å²) in [5, 5.41) is 12.2. The molecule has 0 bridgehead atoms. The van der Waals surface area contributed by atoms with Crippen LogP contribution >= 0.6 is 0 Å². The van der Waals surface area contributed by atoms with Gasteiger partial charge in [-0.3, -0.25) is 18.7 Å². The van der Waals surface area contributed by atoms with Gasteiger partial charge in [-0.2, -0.15) is 21.4 Å². The standard InChI is InChI=1S/C45H65N3O11S2/c1-42(2,58-9)24-27-59-43(3,4)23-22-40(49)46-31-32-18-20-36-34(29-32)44(5,6)38(48(36)26-14-28-60(52,53)54)15-13-16-39-45(7,8)35-30-33(61(55,56)57)19-21-37(35)47(39)25-12-10-11-17-41(50)51/h13,15-16,18-21,29-30H,10-12,14,17,22-28,31H2,1-9H3,(H3-,46,49,50,51,52,53,54,55,56,57)/p+1. The number of fused-ring (bicyclic) bond motifs is 2. The molecule has 14 nitrogen and oxygen atoms in total. The van der Waals surface area contributed by atoms with Crippen molar-refractivity contribution < 1.29 is 54.7 Å². The van der Waals surface area contributed by atoms with Crippen LogP contribution in [0, 0.1) is 0 Å². The molecule has 0 unspecified atom stereocenters. The molecule has 0 saturated carbocycles. The molecule has 61 heavy (non-hydrogen) atoms. The van der Waals surface area contributed by atoms with Crippen LogP contribution in [-0.2, 0) is 56.7 Å². The van der Waals surface area contributed by atoms with Crippen molar-refractivity contribution >= 4 is 49.2 Å². The molecule has 2 aromatic rings. The first-order valence-electron chi connectivity index (χ1n) is 20.9. The molecule has 0 atom stereocenters. The predicted molar refractivity (Wildman–Crippen MR) is 237 cm³/mol. The summed E-state index contributed by atoms with van der Waals surface area (Å²) in [4.78, 5) is 26.0. The number of carboxylic acid groups (broad SMARTS) is 1. The van der Waals surface area contributed by atoms with Crippen LogP contribution in [-0.4, -0.2) is 97.0 Å². The molecule has 4 N–H and O–H groups in total. The highest BCUT2D eigenvalue weighted by atomic mass is 32.2. The molecule has 0 fully saturated rings. The third kappa shape index (κ3) is 13.3. The van der Waals surface area contributed by atoms with E-state index in [0.717, 1.165) is 45.9 Å². The third-order valence-corrected chi connectivity index (χ3v) is 13.5. The second kappa shape index (κ2) is 19.6. The first-order valence-corrected chi connectivity index (χ1v) is 23.9. The Kier molecular flexibility index (Phi) is 16.0. The van der Waals surface area contributed by atoms with Crippen molar-refractivity contribution in [2.75, 3.05) is 37.5 Å². The summed E-state index contributed by atoms with van der Waals surface area (Å²) in [6.07, 6.45) is 9.58. The lowest BCUT2D eigenvalue weighted by Gasteiger charge is -2.28. The fourth-order valence-electron chi connectivity index (χ4n) is 7.94. The number of ether oxygens (including phenoxy) is 2. The lowest BCUT2D eigenvalue weighted by atomic mass is 9.81. The molecule has 16 heteroatoms. The number of methoxy groups -OCH3 is 1. The van der Waals surface area contributed by atoms with Gasteiger partial charge in [-0.25, -0.2) is 0 Å². The van der Waals surface area contributed by atoms with E-state index in [4.69, 9.17) is 14.6 Å². The number of hydrogen-bond acceptors (Lipinski definition) is 9. The smallest absolute Gasteiger partial charge is 0.303 e. The average Bonchev–Trinajstić information content (AvgIpc) is 3.49. The number of nitrogens with zero attached hydrogens (tertiary/aromatic N) is 2. The van der Waals surface area contributed by atoms with Crippen LogP contribution in [0.25, 0.3) is 0 Å². The maximum absolute atomic E-state index is 13.0. The molecular weight excluding hydrogens is 823 g/mol. The van der Waals surface area contributed by atoms with Crippen LogP contribution in [0.15, 0.2) is 65.2 Å². The number of carboxylic acids is 1. The Labute approximate surface area is 362 Å². The summed E-state index contributed by atoms with van der Waals surface area (Å²) in [5.41, 5.74) is 4.02. The van der Waals surface area contributed by atoms with Gasteiger partial charge >= 0.3 is 5.97 Å². The molecule has 2 aromatic carbocycles. The summed E-state index contributed by atoms with van der Waals surface area (Å²) in [6.45, 7) is 17.8. The van der Waals surface area contributed by atoms with E-state index in [-0.39, 0.29) is 29.2 Å². The van der Waals surface area contributed by atoms with Crippen molar-refractivity contribution in [3.05, 3.63) is 77.0 Å². The van der Waals surface area contributed by atoms with Gasteiger partial charge in [0.05, 0.1) is 33.9 Å². The van der Waals surface area contributed by atoms with E-state index in [1.54, 1.807) is 13.2 Å². The minimum Gasteiger partial charge on any atom is -0.481 e. The Morgan fingerprint density at radius 2 is 1.57 bits per heavy atom.